The van der Waals surface area contributed by atoms with E-state index in [1.54, 1.807) is 12.4 Å². The molecule has 1 unspecified atom stereocenters. The van der Waals surface area contributed by atoms with Crippen molar-refractivity contribution < 1.29 is 4.79 Å². The van der Waals surface area contributed by atoms with Crippen LogP contribution in [0.2, 0.25) is 0 Å². The number of hydrogen-bond donors (Lipinski definition) is 2. The maximum absolute atomic E-state index is 12.4. The molecule has 2 aromatic rings. The van der Waals surface area contributed by atoms with E-state index < -0.39 is 0 Å². The first kappa shape index (κ1) is 15.9. The third-order valence-electron chi connectivity index (χ3n) is 5.02. The lowest BCUT2D eigenvalue weighted by Crippen LogP contribution is -2.44. The molecule has 0 bridgehead atoms. The lowest BCUT2D eigenvalue weighted by Gasteiger charge is -2.29. The fourth-order valence-electron chi connectivity index (χ4n) is 3.59. The molecule has 130 valence electrons. The van der Waals surface area contributed by atoms with Gasteiger partial charge in [-0.2, -0.15) is 0 Å². The molecule has 1 aromatic carbocycles. The molecular formula is C19H23N5O. The summed E-state index contributed by atoms with van der Waals surface area (Å²) in [4.78, 5) is 22.9. The predicted molar refractivity (Wildman–Crippen MR) is 96.3 cm³/mol. The Hall–Kier alpha value is -2.63. The Morgan fingerprint density at radius 2 is 2.04 bits per heavy atom. The Morgan fingerprint density at radius 1 is 1.20 bits per heavy atom. The highest BCUT2D eigenvalue weighted by atomic mass is 16.2. The second-order valence-electron chi connectivity index (χ2n) is 6.68. The summed E-state index contributed by atoms with van der Waals surface area (Å²) in [5, 5.41) is 6.63. The van der Waals surface area contributed by atoms with Crippen molar-refractivity contribution in [1.82, 2.24) is 20.2 Å². The van der Waals surface area contributed by atoms with Gasteiger partial charge in [0.15, 0.2) is 0 Å². The fraction of sp³-hybridized carbons (Fsp3) is 0.421. The van der Waals surface area contributed by atoms with Gasteiger partial charge in [0.05, 0.1) is 17.9 Å². The normalized spacial score (nSPS) is 18.7. The molecule has 2 aliphatic rings. The highest BCUT2D eigenvalue weighted by Crippen LogP contribution is 2.25. The van der Waals surface area contributed by atoms with Gasteiger partial charge < -0.3 is 15.5 Å². The van der Waals surface area contributed by atoms with Gasteiger partial charge in [-0.25, -0.2) is 4.79 Å². The number of urea groups is 1. The molecule has 2 aliphatic heterocycles. The average Bonchev–Trinajstić information content (AvgIpc) is 2.67. The minimum Gasteiger partial charge on any atom is -0.382 e. The van der Waals surface area contributed by atoms with Gasteiger partial charge in [0.25, 0.3) is 0 Å². The van der Waals surface area contributed by atoms with Gasteiger partial charge in [-0.15, -0.1) is 0 Å². The standard InChI is InChI=1S/C19H23N5O/c25-19(24-12-8-17-18(13-24)21-11-10-20-17)22-9-7-15-6-5-14-3-1-2-4-16(14)23-15/h1-4,10-11,15,23H,5-9,12-13H2,(H,22,25). The third-order valence-corrected chi connectivity index (χ3v) is 5.02. The van der Waals surface area contributed by atoms with Crippen molar-refractivity contribution in [3.63, 3.8) is 0 Å². The monoisotopic (exact) mass is 337 g/mol. The van der Waals surface area contributed by atoms with Crippen LogP contribution < -0.4 is 10.6 Å². The van der Waals surface area contributed by atoms with Crippen LogP contribution in [0.15, 0.2) is 36.7 Å². The van der Waals surface area contributed by atoms with Gasteiger partial charge in [-0.1, -0.05) is 18.2 Å². The number of nitrogens with one attached hydrogen (secondary N) is 2. The molecule has 1 atom stereocenters. The van der Waals surface area contributed by atoms with E-state index in [0.717, 1.165) is 37.1 Å². The number of rotatable bonds is 3. The number of hydrogen-bond acceptors (Lipinski definition) is 4. The van der Waals surface area contributed by atoms with E-state index in [9.17, 15) is 4.79 Å². The van der Waals surface area contributed by atoms with Gasteiger partial charge in [0.1, 0.15) is 0 Å². The molecule has 0 spiro atoms. The second kappa shape index (κ2) is 7.09. The fourth-order valence-corrected chi connectivity index (χ4v) is 3.59. The topological polar surface area (TPSA) is 70.2 Å². The average molecular weight is 337 g/mol. The Balaban J connectivity index is 1.25. The number of benzene rings is 1. The van der Waals surface area contributed by atoms with Crippen molar-refractivity contribution in [2.45, 2.75) is 38.3 Å². The number of nitrogens with zero attached hydrogens (tertiary/aromatic N) is 3. The molecule has 6 heteroatoms. The number of aromatic nitrogens is 2. The van der Waals surface area contributed by atoms with Crippen LogP contribution in [0.5, 0.6) is 0 Å². The van der Waals surface area contributed by atoms with Crippen LogP contribution in [0.1, 0.15) is 29.8 Å². The van der Waals surface area contributed by atoms with Crippen LogP contribution in [-0.2, 0) is 19.4 Å². The SMILES string of the molecule is O=C(NCCC1CCc2ccccc2N1)N1CCc2nccnc2C1. The summed E-state index contributed by atoms with van der Waals surface area (Å²) < 4.78 is 0. The zero-order valence-electron chi connectivity index (χ0n) is 14.2. The quantitative estimate of drug-likeness (QED) is 0.902. The van der Waals surface area contributed by atoms with Crippen LogP contribution >= 0.6 is 0 Å². The van der Waals surface area contributed by atoms with Crippen LogP contribution in [0.25, 0.3) is 0 Å². The van der Waals surface area contributed by atoms with E-state index in [4.69, 9.17) is 0 Å². The zero-order valence-corrected chi connectivity index (χ0v) is 14.2. The predicted octanol–water partition coefficient (Wildman–Crippen LogP) is 2.36. The summed E-state index contributed by atoms with van der Waals surface area (Å²) in [5.74, 6) is 0. The number of carbonyl (C=O) groups excluding carboxylic acids is 1. The summed E-state index contributed by atoms with van der Waals surface area (Å²) in [6, 6.07) is 8.87. The molecule has 0 saturated heterocycles. The maximum Gasteiger partial charge on any atom is 0.317 e. The molecule has 4 rings (SSSR count). The lowest BCUT2D eigenvalue weighted by atomic mass is 9.96. The first-order valence-electron chi connectivity index (χ1n) is 8.95. The molecule has 0 fully saturated rings. The Morgan fingerprint density at radius 3 is 2.96 bits per heavy atom. The number of aryl methyl sites for hydroxylation is 1. The van der Waals surface area contributed by atoms with Crippen molar-refractivity contribution in [3.8, 4) is 0 Å². The van der Waals surface area contributed by atoms with E-state index in [-0.39, 0.29) is 6.03 Å². The van der Waals surface area contributed by atoms with Crippen LogP contribution in [-0.4, -0.2) is 40.0 Å². The number of anilines is 1. The van der Waals surface area contributed by atoms with E-state index in [1.165, 1.54) is 11.3 Å². The molecule has 2 N–H and O–H groups in total. The Labute approximate surface area is 147 Å². The molecule has 2 amide bonds. The van der Waals surface area contributed by atoms with Crippen molar-refractivity contribution in [2.75, 3.05) is 18.4 Å². The summed E-state index contributed by atoms with van der Waals surface area (Å²) in [5.41, 5.74) is 4.54. The minimum atomic E-state index is -0.00693. The molecular weight excluding hydrogens is 314 g/mol. The van der Waals surface area contributed by atoms with E-state index in [2.05, 4.69) is 44.9 Å². The van der Waals surface area contributed by atoms with E-state index >= 15 is 0 Å². The van der Waals surface area contributed by atoms with Crippen molar-refractivity contribution in [2.24, 2.45) is 0 Å². The van der Waals surface area contributed by atoms with Gasteiger partial charge in [-0.05, 0) is 30.9 Å². The molecule has 25 heavy (non-hydrogen) atoms. The van der Waals surface area contributed by atoms with Crippen molar-refractivity contribution in [3.05, 3.63) is 53.6 Å². The van der Waals surface area contributed by atoms with E-state index in [0.29, 0.717) is 25.7 Å². The zero-order chi connectivity index (χ0) is 17.1. The highest BCUT2D eigenvalue weighted by molar-refractivity contribution is 5.74. The minimum absolute atomic E-state index is 0.00693. The Bertz CT molecular complexity index is 763. The largest absolute Gasteiger partial charge is 0.382 e. The molecule has 0 radical (unpaired) electrons. The summed E-state index contributed by atoms with van der Waals surface area (Å²) in [6.07, 6.45) is 7.32. The second-order valence-corrected chi connectivity index (χ2v) is 6.68. The summed E-state index contributed by atoms with van der Waals surface area (Å²) in [6.45, 7) is 1.93. The molecule has 3 heterocycles. The van der Waals surface area contributed by atoms with Gasteiger partial charge >= 0.3 is 6.03 Å². The summed E-state index contributed by atoms with van der Waals surface area (Å²) in [7, 11) is 0. The molecule has 0 saturated carbocycles. The van der Waals surface area contributed by atoms with Crippen molar-refractivity contribution >= 4 is 11.7 Å². The molecule has 1 aromatic heterocycles. The molecule has 6 nitrogen and oxygen atoms in total. The van der Waals surface area contributed by atoms with Crippen LogP contribution in [0.3, 0.4) is 0 Å². The van der Waals surface area contributed by atoms with Crippen LogP contribution in [0, 0.1) is 0 Å². The lowest BCUT2D eigenvalue weighted by molar-refractivity contribution is 0.190. The molecule has 0 aliphatic carbocycles. The highest BCUT2D eigenvalue weighted by Gasteiger charge is 2.22. The van der Waals surface area contributed by atoms with E-state index in [1.807, 2.05) is 4.90 Å². The number of fused-ring (bicyclic) bond motifs is 2. The number of amides is 2. The van der Waals surface area contributed by atoms with Gasteiger partial charge in [-0.3, -0.25) is 9.97 Å². The van der Waals surface area contributed by atoms with Crippen molar-refractivity contribution in [1.29, 1.82) is 0 Å². The maximum atomic E-state index is 12.4. The third kappa shape index (κ3) is 3.57. The number of carbonyl (C=O) groups is 1. The first-order chi connectivity index (χ1) is 12.3. The van der Waals surface area contributed by atoms with Crippen LogP contribution in [0.4, 0.5) is 10.5 Å². The summed E-state index contributed by atoms with van der Waals surface area (Å²) >= 11 is 0. The Kier molecular flexibility index (Phi) is 4.50. The number of para-hydroxylation sites is 1. The first-order valence-corrected chi connectivity index (χ1v) is 8.95. The smallest absolute Gasteiger partial charge is 0.317 e. The van der Waals surface area contributed by atoms with Gasteiger partial charge in [0, 0.05) is 43.6 Å². The van der Waals surface area contributed by atoms with Gasteiger partial charge in [0.2, 0.25) is 0 Å².